The fourth-order valence-electron chi connectivity index (χ4n) is 5.83. The standard InChI is InChI=1S/C33H51N3O6Si/c1-8-41-30(38)33-21-25(33)14-12-10-9-11-13-19-35(22-24-15-17-26(40-5)18-16-24)31(39)36-23-27(20-28(36)29(37)34-33)42-43(6,7)32(2,3)4/h12,14-18,25,27-28H,8-11,13,19-23H2,1-7H3,(H,34,37). The smallest absolute Gasteiger partial charge is 0.332 e. The van der Waals surface area contributed by atoms with Crippen LogP contribution < -0.4 is 10.1 Å². The molecule has 4 atom stereocenters. The zero-order chi connectivity index (χ0) is 31.4. The Hall–Kier alpha value is -2.85. The van der Waals surface area contributed by atoms with Crippen LogP contribution in [0.3, 0.4) is 0 Å². The Balaban J connectivity index is 1.65. The van der Waals surface area contributed by atoms with Crippen LogP contribution in [0, 0.1) is 5.92 Å². The van der Waals surface area contributed by atoms with Crippen molar-refractivity contribution in [2.45, 2.75) is 109 Å². The number of benzene rings is 1. The molecular formula is C33H51N3O6Si. The van der Waals surface area contributed by atoms with Crippen LogP contribution >= 0.6 is 0 Å². The minimum Gasteiger partial charge on any atom is -0.497 e. The first-order valence-corrected chi connectivity index (χ1v) is 18.7. The average Bonchev–Trinajstić information content (AvgIpc) is 3.48. The number of methoxy groups -OCH3 is 1. The van der Waals surface area contributed by atoms with E-state index < -0.39 is 25.9 Å². The molecule has 1 N–H and O–H groups in total. The second kappa shape index (κ2) is 13.4. The van der Waals surface area contributed by atoms with Crippen LogP contribution in [0.2, 0.25) is 18.1 Å². The van der Waals surface area contributed by atoms with Crippen molar-refractivity contribution in [1.82, 2.24) is 15.1 Å². The number of carbonyl (C=O) groups excluding carboxylic acids is 3. The van der Waals surface area contributed by atoms with Gasteiger partial charge in [0.2, 0.25) is 5.91 Å². The summed E-state index contributed by atoms with van der Waals surface area (Å²) in [5.74, 6) is -0.0839. The lowest BCUT2D eigenvalue weighted by Gasteiger charge is -2.38. The molecule has 1 aliphatic carbocycles. The summed E-state index contributed by atoms with van der Waals surface area (Å²) >= 11 is 0. The zero-order valence-electron chi connectivity index (χ0n) is 27.1. The molecule has 2 aliphatic heterocycles. The molecule has 10 heteroatoms. The predicted molar refractivity (Wildman–Crippen MR) is 169 cm³/mol. The van der Waals surface area contributed by atoms with Gasteiger partial charge in [-0.3, -0.25) is 4.79 Å². The summed E-state index contributed by atoms with van der Waals surface area (Å²) in [6.45, 7) is 14.3. The molecule has 1 aromatic carbocycles. The number of hydrogen-bond acceptors (Lipinski definition) is 6. The fraction of sp³-hybridized carbons (Fsp3) is 0.667. The number of amides is 3. The third kappa shape index (κ3) is 7.63. The van der Waals surface area contributed by atoms with E-state index in [1.54, 1.807) is 18.9 Å². The molecule has 1 saturated heterocycles. The Morgan fingerprint density at radius 3 is 2.49 bits per heavy atom. The lowest BCUT2D eigenvalue weighted by Crippen LogP contribution is -2.55. The number of nitrogens with one attached hydrogen (secondary N) is 1. The Labute approximate surface area is 258 Å². The molecule has 2 heterocycles. The predicted octanol–water partition coefficient (Wildman–Crippen LogP) is 5.65. The lowest BCUT2D eigenvalue weighted by molar-refractivity contribution is -0.149. The number of rotatable bonds is 7. The van der Waals surface area contributed by atoms with Crippen molar-refractivity contribution in [2.75, 3.05) is 26.8 Å². The van der Waals surface area contributed by atoms with Crippen LogP contribution in [0.1, 0.15) is 71.8 Å². The maximum Gasteiger partial charge on any atom is 0.332 e. The molecule has 3 aliphatic rings. The first kappa shape index (κ1) is 33.0. The minimum atomic E-state index is -2.17. The fourth-order valence-corrected chi connectivity index (χ4v) is 7.18. The Kier molecular flexibility index (Phi) is 10.3. The molecule has 0 aromatic heterocycles. The zero-order valence-corrected chi connectivity index (χ0v) is 28.1. The topological polar surface area (TPSA) is 97.4 Å². The molecule has 0 radical (unpaired) electrons. The van der Waals surface area contributed by atoms with Crippen molar-refractivity contribution >= 4 is 26.2 Å². The van der Waals surface area contributed by atoms with Gasteiger partial charge in [-0.15, -0.1) is 0 Å². The van der Waals surface area contributed by atoms with Gasteiger partial charge in [0.25, 0.3) is 0 Å². The molecule has 2 fully saturated rings. The Morgan fingerprint density at radius 1 is 1.12 bits per heavy atom. The highest BCUT2D eigenvalue weighted by Gasteiger charge is 2.62. The molecule has 0 spiro atoms. The second-order valence-electron chi connectivity index (χ2n) is 13.7. The summed E-state index contributed by atoms with van der Waals surface area (Å²) in [6.07, 6.45) is 8.50. The van der Waals surface area contributed by atoms with Crippen LogP contribution in [0.5, 0.6) is 5.75 Å². The van der Waals surface area contributed by atoms with Gasteiger partial charge in [0.05, 0.1) is 19.8 Å². The average molecular weight is 614 g/mol. The van der Waals surface area contributed by atoms with Gasteiger partial charge in [-0.25, -0.2) is 9.59 Å². The van der Waals surface area contributed by atoms with Crippen LogP contribution in [0.15, 0.2) is 36.4 Å². The summed E-state index contributed by atoms with van der Waals surface area (Å²) in [5, 5.41) is 3.05. The molecular weight excluding hydrogens is 562 g/mol. The molecule has 4 unspecified atom stereocenters. The number of carbonyl (C=O) groups is 3. The molecule has 43 heavy (non-hydrogen) atoms. The molecule has 4 rings (SSSR count). The Bertz CT molecular complexity index is 1180. The van der Waals surface area contributed by atoms with E-state index in [0.717, 1.165) is 37.0 Å². The van der Waals surface area contributed by atoms with Crippen LogP contribution in [0.25, 0.3) is 0 Å². The SMILES string of the molecule is CCOC(=O)C12CC1C=CCCCCCN(Cc1ccc(OC)cc1)C(=O)N1CC(O[Si](C)(C)C(C)(C)C)CC1C(=O)N2. The molecule has 9 nitrogen and oxygen atoms in total. The van der Waals surface area contributed by atoms with E-state index in [9.17, 15) is 14.4 Å². The highest BCUT2D eigenvalue weighted by atomic mass is 28.4. The van der Waals surface area contributed by atoms with Gasteiger partial charge in [-0.05, 0) is 68.4 Å². The molecule has 238 valence electrons. The van der Waals surface area contributed by atoms with Gasteiger partial charge in [-0.2, -0.15) is 0 Å². The van der Waals surface area contributed by atoms with Crippen LogP contribution in [-0.4, -0.2) is 80.5 Å². The summed E-state index contributed by atoms with van der Waals surface area (Å²) < 4.78 is 17.5. The highest BCUT2D eigenvalue weighted by Crippen LogP contribution is 2.46. The van der Waals surface area contributed by atoms with Crippen LogP contribution in [0.4, 0.5) is 4.79 Å². The van der Waals surface area contributed by atoms with E-state index in [1.165, 1.54) is 0 Å². The highest BCUT2D eigenvalue weighted by molar-refractivity contribution is 6.74. The number of hydrogen-bond donors (Lipinski definition) is 1. The summed E-state index contributed by atoms with van der Waals surface area (Å²) in [5.41, 5.74) is -0.0917. The molecule has 3 amide bonds. The third-order valence-corrected chi connectivity index (χ3v) is 14.1. The normalized spacial score (nSPS) is 27.0. The summed E-state index contributed by atoms with van der Waals surface area (Å²) in [7, 11) is -0.540. The van der Waals surface area contributed by atoms with Crippen LogP contribution in [-0.2, 0) is 25.3 Å². The number of fused-ring (bicyclic) bond motifs is 2. The van der Waals surface area contributed by atoms with E-state index in [4.69, 9.17) is 13.9 Å². The third-order valence-electron chi connectivity index (χ3n) is 9.55. The van der Waals surface area contributed by atoms with E-state index in [-0.39, 0.29) is 35.6 Å². The van der Waals surface area contributed by atoms with E-state index in [1.807, 2.05) is 35.2 Å². The maximum atomic E-state index is 14.4. The van der Waals surface area contributed by atoms with Gasteiger partial charge < -0.3 is 29.0 Å². The van der Waals surface area contributed by atoms with Crippen molar-refractivity contribution in [3.63, 3.8) is 0 Å². The first-order chi connectivity index (χ1) is 20.3. The summed E-state index contributed by atoms with van der Waals surface area (Å²) in [4.78, 5) is 45.1. The van der Waals surface area contributed by atoms with Gasteiger partial charge in [0.1, 0.15) is 17.3 Å². The van der Waals surface area contributed by atoms with E-state index in [2.05, 4.69) is 45.3 Å². The number of allylic oxidation sites excluding steroid dienone is 1. The first-order valence-electron chi connectivity index (χ1n) is 15.8. The Morgan fingerprint density at radius 2 is 1.84 bits per heavy atom. The summed E-state index contributed by atoms with van der Waals surface area (Å²) in [6, 6.07) is 6.82. The largest absolute Gasteiger partial charge is 0.497 e. The van der Waals surface area contributed by atoms with Gasteiger partial charge >= 0.3 is 12.0 Å². The van der Waals surface area contributed by atoms with Gasteiger partial charge in [0.15, 0.2) is 8.32 Å². The van der Waals surface area contributed by atoms with Crippen molar-refractivity contribution in [1.29, 1.82) is 0 Å². The van der Waals surface area contributed by atoms with E-state index >= 15 is 0 Å². The van der Waals surface area contributed by atoms with Crippen molar-refractivity contribution in [3.05, 3.63) is 42.0 Å². The molecule has 1 saturated carbocycles. The van der Waals surface area contributed by atoms with Crippen molar-refractivity contribution in [2.24, 2.45) is 5.92 Å². The minimum absolute atomic E-state index is 0.0160. The lowest BCUT2D eigenvalue weighted by atomic mass is 10.1. The number of ether oxygens (including phenoxy) is 2. The number of urea groups is 1. The number of nitrogens with zero attached hydrogens (tertiary/aromatic N) is 2. The molecule has 0 bridgehead atoms. The van der Waals surface area contributed by atoms with Gasteiger partial charge in [-0.1, -0.05) is 51.5 Å². The number of esters is 1. The maximum absolute atomic E-state index is 14.4. The van der Waals surface area contributed by atoms with Crippen molar-refractivity contribution < 1.29 is 28.3 Å². The monoisotopic (exact) mass is 613 g/mol. The van der Waals surface area contributed by atoms with Crippen molar-refractivity contribution in [3.8, 4) is 5.75 Å². The van der Waals surface area contributed by atoms with Gasteiger partial charge in [0, 0.05) is 32.0 Å². The van der Waals surface area contributed by atoms with E-state index in [0.29, 0.717) is 32.5 Å². The second-order valence-corrected chi connectivity index (χ2v) is 18.5. The molecule has 1 aromatic rings. The quantitative estimate of drug-likeness (QED) is 0.243.